The molecule has 114 valence electrons. The number of hydrogen-bond donors (Lipinski definition) is 3. The largest absolute Gasteiger partial charge is 0.395 e. The van der Waals surface area contributed by atoms with E-state index in [-0.39, 0.29) is 17.9 Å². The molecule has 7 nitrogen and oxygen atoms in total. The van der Waals surface area contributed by atoms with E-state index in [1.54, 1.807) is 0 Å². The van der Waals surface area contributed by atoms with Crippen LogP contribution >= 0.6 is 0 Å². The first-order valence-electron chi connectivity index (χ1n) is 7.51. The van der Waals surface area contributed by atoms with Gasteiger partial charge in [-0.3, -0.25) is 14.7 Å². The number of hydrogen-bond acceptors (Lipinski definition) is 4. The average molecular weight is 291 g/mol. The van der Waals surface area contributed by atoms with Crippen LogP contribution in [0.15, 0.2) is 0 Å². The lowest BCUT2D eigenvalue weighted by atomic mass is 9.85. The molecule has 2 aliphatic rings. The predicted octanol–water partition coefficient (Wildman–Crippen LogP) is 0.295. The van der Waals surface area contributed by atoms with Gasteiger partial charge in [0.05, 0.1) is 11.4 Å². The fourth-order valence-electron chi connectivity index (χ4n) is 3.26. The molecule has 7 heteroatoms. The quantitative estimate of drug-likeness (QED) is 0.728. The molecule has 2 fully saturated rings. The third-order valence-electron chi connectivity index (χ3n) is 4.55. The zero-order chi connectivity index (χ0) is 15.0. The molecular weight excluding hydrogens is 270 g/mol. The smallest absolute Gasteiger partial charge is 0.276 e. The lowest BCUT2D eigenvalue weighted by Crippen LogP contribution is -2.55. The van der Waals surface area contributed by atoms with Gasteiger partial charge in [-0.1, -0.05) is 6.92 Å². The molecule has 4 N–H and O–H groups in total. The summed E-state index contributed by atoms with van der Waals surface area (Å²) in [6.45, 7) is 3.26. The molecule has 2 aliphatic heterocycles. The SMILES string of the molecule is CCc1[nH]nc(C(=O)N2CCC3NC(=O)CCC3C2)c1N. The zero-order valence-corrected chi connectivity index (χ0v) is 12.2. The van der Waals surface area contributed by atoms with Crippen LogP contribution < -0.4 is 11.1 Å². The first-order chi connectivity index (χ1) is 10.1. The van der Waals surface area contributed by atoms with Crippen molar-refractivity contribution in [3.8, 4) is 0 Å². The molecule has 2 unspecified atom stereocenters. The Morgan fingerprint density at radius 3 is 3.00 bits per heavy atom. The summed E-state index contributed by atoms with van der Waals surface area (Å²) >= 11 is 0. The molecule has 2 amide bonds. The summed E-state index contributed by atoms with van der Waals surface area (Å²) in [6, 6.07) is 0.207. The fraction of sp³-hybridized carbons (Fsp3) is 0.643. The molecule has 3 rings (SSSR count). The number of nitrogen functional groups attached to an aromatic ring is 1. The number of aromatic amines is 1. The van der Waals surface area contributed by atoms with Gasteiger partial charge in [-0.25, -0.2) is 0 Å². The maximum atomic E-state index is 12.6. The van der Waals surface area contributed by atoms with E-state index >= 15 is 0 Å². The van der Waals surface area contributed by atoms with Crippen molar-refractivity contribution in [2.75, 3.05) is 18.8 Å². The number of rotatable bonds is 2. The van der Waals surface area contributed by atoms with Crippen molar-refractivity contribution in [3.63, 3.8) is 0 Å². The Morgan fingerprint density at radius 1 is 1.48 bits per heavy atom. The van der Waals surface area contributed by atoms with Gasteiger partial charge >= 0.3 is 0 Å². The number of nitrogens with two attached hydrogens (primary N) is 1. The summed E-state index contributed by atoms with van der Waals surface area (Å²) in [5.41, 5.74) is 7.56. The third-order valence-corrected chi connectivity index (χ3v) is 4.55. The number of amides is 2. The van der Waals surface area contributed by atoms with Crippen LogP contribution in [0.25, 0.3) is 0 Å². The van der Waals surface area contributed by atoms with Gasteiger partial charge in [0.2, 0.25) is 5.91 Å². The Bertz CT molecular complexity index is 568. The van der Waals surface area contributed by atoms with E-state index in [1.807, 2.05) is 11.8 Å². The van der Waals surface area contributed by atoms with E-state index in [0.717, 1.165) is 25.0 Å². The van der Waals surface area contributed by atoms with E-state index in [2.05, 4.69) is 15.5 Å². The van der Waals surface area contributed by atoms with Gasteiger partial charge in [0.1, 0.15) is 0 Å². The second-order valence-electron chi connectivity index (χ2n) is 5.83. The minimum atomic E-state index is -0.112. The van der Waals surface area contributed by atoms with Crippen molar-refractivity contribution >= 4 is 17.5 Å². The summed E-state index contributed by atoms with van der Waals surface area (Å²) in [7, 11) is 0. The second-order valence-corrected chi connectivity index (χ2v) is 5.83. The van der Waals surface area contributed by atoms with Gasteiger partial charge in [0, 0.05) is 25.6 Å². The summed E-state index contributed by atoms with van der Waals surface area (Å²) in [6.07, 6.45) is 2.92. The summed E-state index contributed by atoms with van der Waals surface area (Å²) in [5.74, 6) is 0.352. The highest BCUT2D eigenvalue weighted by molar-refractivity contribution is 5.97. The van der Waals surface area contributed by atoms with Crippen molar-refractivity contribution in [3.05, 3.63) is 11.4 Å². The number of nitrogens with one attached hydrogen (secondary N) is 2. The first-order valence-corrected chi connectivity index (χ1v) is 7.51. The standard InChI is InChI=1S/C14H21N5O2/c1-2-9-12(15)13(18-17-9)14(21)19-6-5-10-8(7-19)3-4-11(20)16-10/h8,10H,2-7,15H2,1H3,(H,16,20)(H,17,18). The molecule has 3 heterocycles. The second kappa shape index (κ2) is 5.38. The molecular formula is C14H21N5O2. The van der Waals surface area contributed by atoms with Crippen LogP contribution in [0.5, 0.6) is 0 Å². The van der Waals surface area contributed by atoms with Crippen LogP contribution in [0.1, 0.15) is 42.4 Å². The lowest BCUT2D eigenvalue weighted by molar-refractivity contribution is -0.125. The molecule has 2 atom stereocenters. The molecule has 0 bridgehead atoms. The van der Waals surface area contributed by atoms with Crippen molar-refractivity contribution in [2.24, 2.45) is 5.92 Å². The number of fused-ring (bicyclic) bond motifs is 1. The molecule has 1 aromatic heterocycles. The van der Waals surface area contributed by atoms with E-state index in [9.17, 15) is 9.59 Å². The average Bonchev–Trinajstić information content (AvgIpc) is 2.86. The molecule has 1 aromatic rings. The lowest BCUT2D eigenvalue weighted by Gasteiger charge is -2.41. The zero-order valence-electron chi connectivity index (χ0n) is 12.2. The van der Waals surface area contributed by atoms with Crippen molar-refractivity contribution in [1.82, 2.24) is 20.4 Å². The number of piperidine rings is 2. The topological polar surface area (TPSA) is 104 Å². The highest BCUT2D eigenvalue weighted by atomic mass is 16.2. The van der Waals surface area contributed by atoms with Gasteiger partial charge in [0.15, 0.2) is 5.69 Å². The number of nitrogens with zero attached hydrogens (tertiary/aromatic N) is 2. The monoisotopic (exact) mass is 291 g/mol. The minimum absolute atomic E-state index is 0.112. The predicted molar refractivity (Wildman–Crippen MR) is 77.6 cm³/mol. The van der Waals surface area contributed by atoms with Crippen LogP contribution in [0.3, 0.4) is 0 Å². The van der Waals surface area contributed by atoms with E-state index in [1.165, 1.54) is 0 Å². The van der Waals surface area contributed by atoms with Crippen LogP contribution in [0.4, 0.5) is 5.69 Å². The van der Waals surface area contributed by atoms with Crippen LogP contribution in [-0.4, -0.2) is 46.0 Å². The van der Waals surface area contributed by atoms with Crippen LogP contribution in [0.2, 0.25) is 0 Å². The van der Waals surface area contributed by atoms with Crippen LogP contribution in [0, 0.1) is 5.92 Å². The fourth-order valence-corrected chi connectivity index (χ4v) is 3.26. The highest BCUT2D eigenvalue weighted by Crippen LogP contribution is 2.27. The van der Waals surface area contributed by atoms with Gasteiger partial charge in [0.25, 0.3) is 5.91 Å². The molecule has 0 radical (unpaired) electrons. The van der Waals surface area contributed by atoms with E-state index < -0.39 is 0 Å². The van der Waals surface area contributed by atoms with Gasteiger partial charge in [-0.2, -0.15) is 5.10 Å². The van der Waals surface area contributed by atoms with E-state index in [0.29, 0.717) is 36.8 Å². The van der Waals surface area contributed by atoms with E-state index in [4.69, 9.17) is 5.73 Å². The summed E-state index contributed by atoms with van der Waals surface area (Å²) in [5, 5.41) is 9.91. The number of likely N-dealkylation sites (tertiary alicyclic amines) is 1. The third kappa shape index (κ3) is 2.48. The van der Waals surface area contributed by atoms with Gasteiger partial charge in [-0.15, -0.1) is 0 Å². The highest BCUT2D eigenvalue weighted by Gasteiger charge is 2.36. The maximum absolute atomic E-state index is 12.6. The Morgan fingerprint density at radius 2 is 2.29 bits per heavy atom. The van der Waals surface area contributed by atoms with Gasteiger partial charge in [-0.05, 0) is 25.2 Å². The summed E-state index contributed by atoms with van der Waals surface area (Å²) in [4.78, 5) is 25.8. The number of aromatic nitrogens is 2. The minimum Gasteiger partial charge on any atom is -0.395 e. The maximum Gasteiger partial charge on any atom is 0.276 e. The first kappa shape index (κ1) is 13.9. The Balaban J connectivity index is 1.71. The van der Waals surface area contributed by atoms with Crippen molar-refractivity contribution in [1.29, 1.82) is 0 Å². The molecule has 21 heavy (non-hydrogen) atoms. The number of carbonyl (C=O) groups is 2. The molecule has 0 saturated carbocycles. The number of aryl methyl sites for hydroxylation is 1. The Hall–Kier alpha value is -2.05. The Kier molecular flexibility index (Phi) is 3.57. The van der Waals surface area contributed by atoms with Crippen LogP contribution in [-0.2, 0) is 11.2 Å². The molecule has 2 saturated heterocycles. The molecule has 0 aliphatic carbocycles. The number of carbonyl (C=O) groups excluding carboxylic acids is 2. The van der Waals surface area contributed by atoms with Crippen molar-refractivity contribution < 1.29 is 9.59 Å². The normalized spacial score (nSPS) is 25.4. The van der Waals surface area contributed by atoms with Crippen molar-refractivity contribution in [2.45, 2.75) is 38.6 Å². The number of anilines is 1. The molecule has 0 aromatic carbocycles. The Labute approximate surface area is 123 Å². The molecule has 0 spiro atoms. The summed E-state index contributed by atoms with van der Waals surface area (Å²) < 4.78 is 0. The van der Waals surface area contributed by atoms with Gasteiger partial charge < -0.3 is 16.0 Å². The number of H-pyrrole nitrogens is 1.